The molecule has 0 radical (unpaired) electrons. The summed E-state index contributed by atoms with van der Waals surface area (Å²) < 4.78 is 8.90. The molecule has 1 amide bonds. The molecular weight excluding hydrogens is 218 g/mol. The molecule has 0 aromatic carbocycles. The molecule has 6 heteroatoms. The number of carbonyl (C=O) groups is 2. The van der Waals surface area contributed by atoms with E-state index >= 15 is 0 Å². The van der Waals surface area contributed by atoms with Gasteiger partial charge in [0, 0.05) is 14.2 Å². The Morgan fingerprint density at radius 3 is 2.27 bits per heavy atom. The maximum absolute atomic E-state index is 11.3. The van der Waals surface area contributed by atoms with Crippen LogP contribution in [0.1, 0.15) is 0 Å². The average Bonchev–Trinajstić information content (AvgIpc) is 2.56. The molecule has 0 aromatic heterocycles. The van der Waals surface area contributed by atoms with Crippen LogP contribution in [0.2, 0.25) is 0 Å². The van der Waals surface area contributed by atoms with Gasteiger partial charge in [-0.2, -0.15) is 0 Å². The second-order valence-corrected chi connectivity index (χ2v) is 3.46. The summed E-state index contributed by atoms with van der Waals surface area (Å²) >= 11 is 1.45. The van der Waals surface area contributed by atoms with Gasteiger partial charge in [-0.25, -0.2) is 0 Å². The van der Waals surface area contributed by atoms with Crippen LogP contribution in [0.3, 0.4) is 0 Å². The van der Waals surface area contributed by atoms with Crippen LogP contribution in [0.25, 0.3) is 0 Å². The van der Waals surface area contributed by atoms with Gasteiger partial charge >= 0.3 is 0 Å². The molecular formula is C9H15NO4S. The van der Waals surface area contributed by atoms with Gasteiger partial charge in [0.1, 0.15) is 0 Å². The van der Waals surface area contributed by atoms with Gasteiger partial charge in [0.25, 0.3) is 12.4 Å². The van der Waals surface area contributed by atoms with Crippen LogP contribution in [0.5, 0.6) is 0 Å². The molecule has 0 saturated heterocycles. The van der Waals surface area contributed by atoms with Crippen molar-refractivity contribution in [2.75, 3.05) is 27.5 Å². The Morgan fingerprint density at radius 2 is 2.07 bits per heavy atom. The van der Waals surface area contributed by atoms with E-state index in [1.54, 1.807) is 19.1 Å². The molecule has 0 aromatic rings. The molecule has 5 nitrogen and oxygen atoms in total. The van der Waals surface area contributed by atoms with Crippen molar-refractivity contribution in [2.24, 2.45) is 0 Å². The number of amides is 1. The highest BCUT2D eigenvalue weighted by Crippen LogP contribution is 2.23. The lowest BCUT2D eigenvalue weighted by molar-refractivity contribution is -0.130. The lowest BCUT2D eigenvalue weighted by Gasteiger charge is -2.16. The highest BCUT2D eigenvalue weighted by atomic mass is 32.2. The highest BCUT2D eigenvalue weighted by Gasteiger charge is 2.28. The van der Waals surface area contributed by atoms with Crippen LogP contribution < -0.4 is 0 Å². The first-order chi connectivity index (χ1) is 7.12. The molecule has 0 fully saturated rings. The number of carbonyl (C=O) groups excluding carboxylic acids is 2. The fourth-order valence-corrected chi connectivity index (χ4v) is 1.55. The second kappa shape index (κ2) is 7.30. The van der Waals surface area contributed by atoms with Gasteiger partial charge in [0.2, 0.25) is 0 Å². The number of ether oxygens (including phenoxy) is 2. The van der Waals surface area contributed by atoms with Gasteiger partial charge in [-0.3, -0.25) is 9.59 Å². The maximum Gasteiger partial charge on any atom is 0.292 e. The fourth-order valence-electron chi connectivity index (χ4n) is 0.983. The number of hydrogen-bond donors (Lipinski definition) is 0. The van der Waals surface area contributed by atoms with E-state index in [9.17, 15) is 4.79 Å². The van der Waals surface area contributed by atoms with Gasteiger partial charge in [0.05, 0.1) is 12.0 Å². The van der Waals surface area contributed by atoms with Crippen LogP contribution in [0.15, 0.2) is 11.0 Å². The summed E-state index contributed by atoms with van der Waals surface area (Å²) in [7, 11) is 4.64. The van der Waals surface area contributed by atoms with Crippen LogP contribution in [-0.4, -0.2) is 51.0 Å². The van der Waals surface area contributed by atoms with Crippen molar-refractivity contribution in [3.8, 4) is 0 Å². The Kier molecular flexibility index (Phi) is 6.81. The Bertz CT molecular complexity index is 254. The molecule has 1 aliphatic rings. The van der Waals surface area contributed by atoms with Crippen molar-refractivity contribution in [3.05, 3.63) is 11.0 Å². The predicted octanol–water partition coefficient (Wildman–Crippen LogP) is 0.467. The monoisotopic (exact) mass is 233 g/mol. The van der Waals surface area contributed by atoms with Crippen LogP contribution >= 0.6 is 11.8 Å². The molecule has 0 bridgehead atoms. The normalized spacial score (nSPS) is 19.2. The number of nitrogens with zero attached hydrogens (tertiary/aromatic N) is 1. The maximum atomic E-state index is 11.3. The van der Waals surface area contributed by atoms with E-state index in [0.717, 1.165) is 4.91 Å². The van der Waals surface area contributed by atoms with Gasteiger partial charge in [-0.05, 0) is 12.3 Å². The largest absolute Gasteiger partial charge is 0.471 e. The molecule has 1 unspecified atom stereocenters. The third-order valence-electron chi connectivity index (χ3n) is 1.76. The first-order valence-electron chi connectivity index (χ1n) is 4.14. The van der Waals surface area contributed by atoms with Crippen molar-refractivity contribution in [1.29, 1.82) is 0 Å². The Hall–Kier alpha value is -1.01. The van der Waals surface area contributed by atoms with E-state index in [1.807, 2.05) is 12.3 Å². The number of thioether (sulfide) groups is 1. The van der Waals surface area contributed by atoms with Gasteiger partial charge < -0.3 is 14.4 Å². The van der Waals surface area contributed by atoms with Crippen molar-refractivity contribution in [3.63, 3.8) is 0 Å². The Balaban J connectivity index is 0.000000423. The fraction of sp³-hybridized carbons (Fsp3) is 0.556. The molecule has 1 heterocycles. The summed E-state index contributed by atoms with van der Waals surface area (Å²) in [6, 6.07) is 0. The predicted molar refractivity (Wildman–Crippen MR) is 58.2 cm³/mol. The molecule has 0 aliphatic carbocycles. The Morgan fingerprint density at radius 1 is 1.53 bits per heavy atom. The molecule has 86 valence electrons. The molecule has 0 saturated carbocycles. The number of rotatable bonds is 3. The third-order valence-corrected chi connectivity index (χ3v) is 2.51. The molecule has 15 heavy (non-hydrogen) atoms. The zero-order valence-electron chi connectivity index (χ0n) is 9.22. The van der Waals surface area contributed by atoms with Crippen molar-refractivity contribution in [1.82, 2.24) is 4.90 Å². The zero-order chi connectivity index (χ0) is 11.8. The molecule has 0 N–H and O–H groups in total. The van der Waals surface area contributed by atoms with Crippen molar-refractivity contribution < 1.29 is 19.1 Å². The van der Waals surface area contributed by atoms with Crippen LogP contribution in [0.4, 0.5) is 0 Å². The quantitative estimate of drug-likeness (QED) is 0.663. The molecule has 1 rings (SSSR count). The molecule has 1 aliphatic heterocycles. The van der Waals surface area contributed by atoms with Crippen LogP contribution in [-0.2, 0) is 19.1 Å². The summed E-state index contributed by atoms with van der Waals surface area (Å²) in [5.74, 6) is 0.0457. The zero-order valence-corrected chi connectivity index (χ0v) is 10.0. The smallest absolute Gasteiger partial charge is 0.292 e. The minimum Gasteiger partial charge on any atom is -0.471 e. The lowest BCUT2D eigenvalue weighted by atomic mass is 10.5. The standard InChI is InChI=1S/C7H11NO2S.C2H4O2/c1-8-6(10-2)4-5(11-3)7(8)9;1-4-2-3/h4,6H,1-3H3;2H,1H3. The lowest BCUT2D eigenvalue weighted by Crippen LogP contribution is -2.31. The number of likely N-dealkylation sites (N-methyl/N-ethyl adjacent to an activating group) is 1. The van der Waals surface area contributed by atoms with Gasteiger partial charge in [-0.15, -0.1) is 11.8 Å². The van der Waals surface area contributed by atoms with Gasteiger partial charge in [0.15, 0.2) is 6.23 Å². The topological polar surface area (TPSA) is 55.8 Å². The highest BCUT2D eigenvalue weighted by molar-refractivity contribution is 8.03. The first kappa shape index (κ1) is 14.0. The number of methoxy groups -OCH3 is 2. The second-order valence-electron chi connectivity index (χ2n) is 2.61. The average molecular weight is 233 g/mol. The van der Waals surface area contributed by atoms with Crippen molar-refractivity contribution in [2.45, 2.75) is 6.23 Å². The third kappa shape index (κ3) is 3.93. The van der Waals surface area contributed by atoms with E-state index in [0.29, 0.717) is 6.47 Å². The van der Waals surface area contributed by atoms with Crippen molar-refractivity contribution >= 4 is 24.1 Å². The van der Waals surface area contributed by atoms with Crippen LogP contribution in [0, 0.1) is 0 Å². The van der Waals surface area contributed by atoms with E-state index in [1.165, 1.54) is 18.9 Å². The first-order valence-corrected chi connectivity index (χ1v) is 5.37. The summed E-state index contributed by atoms with van der Waals surface area (Å²) in [4.78, 5) is 22.6. The van der Waals surface area contributed by atoms with E-state index in [-0.39, 0.29) is 12.1 Å². The Labute approximate surface area is 93.4 Å². The summed E-state index contributed by atoms with van der Waals surface area (Å²) in [5, 5.41) is 0. The van der Waals surface area contributed by atoms with E-state index < -0.39 is 0 Å². The minimum absolute atomic E-state index is 0.0457. The summed E-state index contributed by atoms with van der Waals surface area (Å²) in [6.45, 7) is 0.375. The van der Waals surface area contributed by atoms with E-state index in [2.05, 4.69) is 4.74 Å². The van der Waals surface area contributed by atoms with E-state index in [4.69, 9.17) is 9.53 Å². The molecule has 0 spiro atoms. The summed E-state index contributed by atoms with van der Waals surface area (Å²) in [5.41, 5.74) is 0. The SMILES string of the molecule is COC1C=C(SC)C(=O)N1C.COC=O. The molecule has 1 atom stereocenters. The number of hydrogen-bond acceptors (Lipinski definition) is 5. The summed E-state index contributed by atoms with van der Waals surface area (Å²) in [6.07, 6.45) is 3.53. The minimum atomic E-state index is -0.176. The van der Waals surface area contributed by atoms with Gasteiger partial charge in [-0.1, -0.05) is 0 Å².